The summed E-state index contributed by atoms with van der Waals surface area (Å²) in [5, 5.41) is 11.3. The van der Waals surface area contributed by atoms with Gasteiger partial charge in [0.2, 0.25) is 10.0 Å². The number of sulfonamides is 1. The maximum atomic E-state index is 13.3. The summed E-state index contributed by atoms with van der Waals surface area (Å²) in [6.45, 7) is 7.58. The molecule has 0 saturated heterocycles. The lowest BCUT2D eigenvalue weighted by atomic mass is 9.68. The standard InChI is InChI=1S/C34H41ClN2O5S/c1-3-6-22-15-26(22)19-43(40,41)36-33(39)24-9-13-32-30(17-24)37(18-25-8-11-28(25)31(38)4-2)20-34(21-42-32)14-5-7-23-16-27(35)10-12-29(23)34/h3-4,6,9-10,12-13,16-17,22,25-26,28,31,38H,2,5,7-8,11,14-15,18-21H2,1H3,(H,36,39)/b6-3+/t22-,25+,26+,28-,31?,34+/m1/s1. The molecule has 6 rings (SSSR count). The largest absolute Gasteiger partial charge is 0.490 e. The summed E-state index contributed by atoms with van der Waals surface area (Å²) < 4.78 is 34.5. The van der Waals surface area contributed by atoms with E-state index < -0.39 is 22.0 Å². The Bertz CT molecular complexity index is 1540. The van der Waals surface area contributed by atoms with Gasteiger partial charge in [-0.1, -0.05) is 35.9 Å². The number of ether oxygens (including phenoxy) is 1. The molecule has 3 aliphatic carbocycles. The molecular formula is C34H41ClN2O5S. The average molecular weight is 625 g/mol. The Morgan fingerprint density at radius 1 is 1.26 bits per heavy atom. The Kier molecular flexibility index (Phi) is 8.39. The van der Waals surface area contributed by atoms with Gasteiger partial charge in [0.25, 0.3) is 5.91 Å². The first kappa shape index (κ1) is 30.2. The van der Waals surface area contributed by atoms with Crippen LogP contribution in [0.1, 0.15) is 60.5 Å². The van der Waals surface area contributed by atoms with E-state index in [0.717, 1.165) is 49.2 Å². The van der Waals surface area contributed by atoms with Crippen molar-refractivity contribution in [2.45, 2.75) is 57.0 Å². The highest BCUT2D eigenvalue weighted by Gasteiger charge is 2.44. The first-order chi connectivity index (χ1) is 20.6. The summed E-state index contributed by atoms with van der Waals surface area (Å²) in [7, 11) is -3.78. The van der Waals surface area contributed by atoms with E-state index in [1.54, 1.807) is 24.3 Å². The quantitative estimate of drug-likeness (QED) is 0.350. The van der Waals surface area contributed by atoms with Gasteiger partial charge in [0.15, 0.2) is 0 Å². The molecule has 1 amide bonds. The number of carbonyl (C=O) groups is 1. The number of aryl methyl sites for hydroxylation is 1. The molecule has 1 aliphatic heterocycles. The van der Waals surface area contributed by atoms with Gasteiger partial charge in [-0.3, -0.25) is 4.79 Å². The third-order valence-corrected chi connectivity index (χ3v) is 11.6. The van der Waals surface area contributed by atoms with Gasteiger partial charge in [-0.15, -0.1) is 6.58 Å². The molecule has 0 radical (unpaired) electrons. The second-order valence-electron chi connectivity index (χ2n) is 12.9. The number of anilines is 1. The lowest BCUT2D eigenvalue weighted by Gasteiger charge is -2.45. The van der Waals surface area contributed by atoms with Crippen LogP contribution in [-0.4, -0.2) is 51.0 Å². The van der Waals surface area contributed by atoms with Crippen LogP contribution in [0.15, 0.2) is 61.2 Å². The fourth-order valence-corrected chi connectivity index (χ4v) is 9.08. The molecule has 6 atom stereocenters. The Balaban J connectivity index is 1.30. The summed E-state index contributed by atoms with van der Waals surface area (Å²) in [5.41, 5.74) is 3.27. The number of nitrogens with one attached hydrogen (secondary N) is 1. The number of fused-ring (bicyclic) bond motifs is 3. The lowest BCUT2D eigenvalue weighted by Crippen LogP contribution is -2.49. The van der Waals surface area contributed by atoms with E-state index in [2.05, 4.69) is 28.3 Å². The Labute approximate surface area is 260 Å². The normalized spacial score (nSPS) is 28.7. The Morgan fingerprint density at radius 3 is 2.84 bits per heavy atom. The van der Waals surface area contributed by atoms with Crippen LogP contribution >= 0.6 is 11.6 Å². The predicted octanol–water partition coefficient (Wildman–Crippen LogP) is 5.66. The van der Waals surface area contributed by atoms with E-state index in [4.69, 9.17) is 16.3 Å². The summed E-state index contributed by atoms with van der Waals surface area (Å²) in [6, 6.07) is 11.3. The van der Waals surface area contributed by atoms with Gasteiger partial charge in [0.1, 0.15) is 5.75 Å². The zero-order valence-corrected chi connectivity index (χ0v) is 26.2. The monoisotopic (exact) mass is 624 g/mol. The second-order valence-corrected chi connectivity index (χ2v) is 15.1. The van der Waals surface area contributed by atoms with Gasteiger partial charge in [0, 0.05) is 29.1 Å². The van der Waals surface area contributed by atoms with Crippen molar-refractivity contribution < 1.29 is 23.1 Å². The number of aliphatic hydroxyl groups excluding tert-OH is 1. The van der Waals surface area contributed by atoms with Crippen LogP contribution in [0.25, 0.3) is 0 Å². The number of hydrogen-bond donors (Lipinski definition) is 2. The van der Waals surface area contributed by atoms with Gasteiger partial charge in [-0.05, 0) is 111 Å². The van der Waals surface area contributed by atoms with Crippen molar-refractivity contribution in [3.8, 4) is 5.75 Å². The van der Waals surface area contributed by atoms with Crippen molar-refractivity contribution >= 4 is 33.2 Å². The van der Waals surface area contributed by atoms with E-state index >= 15 is 0 Å². The van der Waals surface area contributed by atoms with Gasteiger partial charge in [-0.25, -0.2) is 13.1 Å². The highest BCUT2D eigenvalue weighted by molar-refractivity contribution is 7.90. The molecular weight excluding hydrogens is 584 g/mol. The molecule has 4 aliphatic rings. The van der Waals surface area contributed by atoms with Crippen LogP contribution in [-0.2, 0) is 21.9 Å². The number of allylic oxidation sites excluding steroid dienone is 2. The Morgan fingerprint density at radius 2 is 2.09 bits per heavy atom. The molecule has 2 saturated carbocycles. The molecule has 1 unspecified atom stereocenters. The minimum Gasteiger partial charge on any atom is -0.490 e. The predicted molar refractivity (Wildman–Crippen MR) is 170 cm³/mol. The molecule has 2 N–H and O–H groups in total. The van der Waals surface area contributed by atoms with Gasteiger partial charge in [-0.2, -0.15) is 0 Å². The average Bonchev–Trinajstić information content (AvgIpc) is 3.71. The molecule has 43 heavy (non-hydrogen) atoms. The highest BCUT2D eigenvalue weighted by atomic mass is 35.5. The number of nitrogens with zero attached hydrogens (tertiary/aromatic N) is 1. The second kappa shape index (κ2) is 11.9. The van der Waals surface area contributed by atoms with Gasteiger partial charge < -0.3 is 14.7 Å². The van der Waals surface area contributed by atoms with E-state index in [0.29, 0.717) is 25.4 Å². The van der Waals surface area contributed by atoms with Crippen molar-refractivity contribution in [2.75, 3.05) is 30.3 Å². The van der Waals surface area contributed by atoms with E-state index in [9.17, 15) is 18.3 Å². The van der Waals surface area contributed by atoms with Crippen molar-refractivity contribution in [3.05, 3.63) is 82.9 Å². The number of aliphatic hydroxyl groups is 1. The number of carbonyl (C=O) groups excluding carboxylic acids is 1. The first-order valence-electron chi connectivity index (χ1n) is 15.4. The van der Waals surface area contributed by atoms with Crippen LogP contribution in [0.4, 0.5) is 5.69 Å². The number of hydrogen-bond acceptors (Lipinski definition) is 6. The molecule has 2 aromatic carbocycles. The SMILES string of the molecule is C=CC(O)[C@@H]1CC[C@H]1CN1C[C@@]2(CCCc3cc(Cl)ccc32)COc2ccc(C(=O)NS(=O)(=O)C[C@@H]3C[C@H]3/C=C/C)cc21. The molecule has 1 heterocycles. The summed E-state index contributed by atoms with van der Waals surface area (Å²) in [5.74, 6) is 0.668. The third kappa shape index (κ3) is 6.24. The molecule has 0 bridgehead atoms. The van der Waals surface area contributed by atoms with Crippen LogP contribution in [0.2, 0.25) is 5.02 Å². The van der Waals surface area contributed by atoms with Crippen LogP contribution < -0.4 is 14.4 Å². The molecule has 2 aromatic rings. The summed E-state index contributed by atoms with van der Waals surface area (Å²) in [4.78, 5) is 15.6. The zero-order valence-electron chi connectivity index (χ0n) is 24.7. The van der Waals surface area contributed by atoms with Crippen LogP contribution in [0, 0.1) is 23.7 Å². The third-order valence-electron chi connectivity index (χ3n) is 10.0. The fourth-order valence-electron chi connectivity index (χ4n) is 7.45. The first-order valence-corrected chi connectivity index (χ1v) is 17.4. The smallest absolute Gasteiger partial charge is 0.264 e. The van der Waals surface area contributed by atoms with E-state index in [1.807, 2.05) is 25.1 Å². The van der Waals surface area contributed by atoms with Crippen molar-refractivity contribution in [3.63, 3.8) is 0 Å². The maximum absolute atomic E-state index is 13.3. The summed E-state index contributed by atoms with van der Waals surface area (Å²) in [6.07, 6.45) is 10.7. The number of benzene rings is 2. The number of halogens is 1. The number of rotatable bonds is 9. The fraction of sp³-hybridized carbons (Fsp3) is 0.500. The van der Waals surface area contributed by atoms with E-state index in [-0.39, 0.29) is 40.4 Å². The molecule has 1 spiro atoms. The van der Waals surface area contributed by atoms with Crippen molar-refractivity contribution in [1.82, 2.24) is 4.72 Å². The minimum atomic E-state index is -3.78. The van der Waals surface area contributed by atoms with E-state index in [1.165, 1.54) is 11.1 Å². The Hall–Kier alpha value is -2.81. The molecule has 230 valence electrons. The van der Waals surface area contributed by atoms with Crippen molar-refractivity contribution in [2.24, 2.45) is 23.7 Å². The lowest BCUT2D eigenvalue weighted by molar-refractivity contribution is 0.0460. The summed E-state index contributed by atoms with van der Waals surface area (Å²) >= 11 is 6.38. The van der Waals surface area contributed by atoms with Crippen LogP contribution in [0.3, 0.4) is 0 Å². The maximum Gasteiger partial charge on any atom is 0.264 e. The highest BCUT2D eigenvalue weighted by Crippen LogP contribution is 2.47. The number of amides is 1. The molecule has 0 aromatic heterocycles. The van der Waals surface area contributed by atoms with Crippen LogP contribution in [0.5, 0.6) is 5.75 Å². The minimum absolute atomic E-state index is 0.0446. The molecule has 7 nitrogen and oxygen atoms in total. The zero-order chi connectivity index (χ0) is 30.4. The molecule has 9 heteroatoms. The topological polar surface area (TPSA) is 95.9 Å². The van der Waals surface area contributed by atoms with Crippen molar-refractivity contribution in [1.29, 1.82) is 0 Å². The van der Waals surface area contributed by atoms with Gasteiger partial charge >= 0.3 is 0 Å². The van der Waals surface area contributed by atoms with Gasteiger partial charge in [0.05, 0.1) is 24.2 Å². The molecule has 2 fully saturated rings.